The summed E-state index contributed by atoms with van der Waals surface area (Å²) in [5, 5.41) is 15.0. The zero-order valence-corrected chi connectivity index (χ0v) is 10.5. The number of hydrogen-bond acceptors (Lipinski definition) is 3. The van der Waals surface area contributed by atoms with Gasteiger partial charge in [-0.2, -0.15) is 0 Å². The Hall–Kier alpha value is -1.91. The fourth-order valence-corrected chi connectivity index (χ4v) is 3.02. The predicted molar refractivity (Wildman–Crippen MR) is 74.1 cm³/mol. The normalized spacial score (nSPS) is 20.9. The molecule has 2 unspecified atom stereocenters. The second-order valence-corrected chi connectivity index (χ2v) is 4.83. The molecule has 0 radical (unpaired) electrons. The molecule has 0 spiro atoms. The molecule has 0 bridgehead atoms. The third kappa shape index (κ3) is 1.80. The fourth-order valence-electron chi connectivity index (χ4n) is 3.02. The number of carboxylic acid groups (broad SMARTS) is 1. The number of carboxylic acids is 1. The molecule has 4 heteroatoms. The van der Waals surface area contributed by atoms with E-state index in [1.807, 2.05) is 36.4 Å². The van der Waals surface area contributed by atoms with Crippen LogP contribution in [0.5, 0.6) is 0 Å². The maximum Gasteiger partial charge on any atom is 0.312 e. The standard InChI is InChI=1S/C15H16N2O2/c16-7-8-17-14-11-6-2-4-9-3-1-5-10(12(9)11)13(14)15(18)19/h1-6,13-14,17H,7-8,16H2,(H,18,19). The van der Waals surface area contributed by atoms with Crippen molar-refractivity contribution in [3.8, 4) is 0 Å². The Bertz CT molecular complexity index is 634. The van der Waals surface area contributed by atoms with Crippen LogP contribution in [0.4, 0.5) is 0 Å². The van der Waals surface area contributed by atoms with Crippen molar-refractivity contribution in [1.29, 1.82) is 0 Å². The van der Waals surface area contributed by atoms with Gasteiger partial charge in [0.15, 0.2) is 0 Å². The van der Waals surface area contributed by atoms with Gasteiger partial charge in [-0.3, -0.25) is 4.79 Å². The van der Waals surface area contributed by atoms with Crippen molar-refractivity contribution in [2.45, 2.75) is 12.0 Å². The lowest BCUT2D eigenvalue weighted by Crippen LogP contribution is -2.32. The summed E-state index contributed by atoms with van der Waals surface area (Å²) in [6.45, 7) is 1.11. The number of nitrogens with one attached hydrogen (secondary N) is 1. The SMILES string of the molecule is NCCNC1c2cccc3cccc(c23)C1C(=O)O. The Balaban J connectivity index is 2.18. The maximum atomic E-state index is 11.6. The number of aliphatic carboxylic acids is 1. The van der Waals surface area contributed by atoms with Crippen LogP contribution in [-0.4, -0.2) is 24.2 Å². The lowest BCUT2D eigenvalue weighted by molar-refractivity contribution is -0.139. The van der Waals surface area contributed by atoms with Gasteiger partial charge in [-0.1, -0.05) is 36.4 Å². The van der Waals surface area contributed by atoms with Crippen LogP contribution >= 0.6 is 0 Å². The van der Waals surface area contributed by atoms with Gasteiger partial charge < -0.3 is 16.2 Å². The first-order chi connectivity index (χ1) is 9.24. The molecule has 2 atom stereocenters. The van der Waals surface area contributed by atoms with Crippen molar-refractivity contribution >= 4 is 16.7 Å². The van der Waals surface area contributed by atoms with Crippen LogP contribution in [0.15, 0.2) is 36.4 Å². The highest BCUT2D eigenvalue weighted by Gasteiger charge is 2.38. The first-order valence-corrected chi connectivity index (χ1v) is 6.42. The summed E-state index contributed by atoms with van der Waals surface area (Å²) in [6, 6.07) is 11.7. The van der Waals surface area contributed by atoms with E-state index in [0.717, 1.165) is 21.9 Å². The highest BCUT2D eigenvalue weighted by Crippen LogP contribution is 2.45. The van der Waals surface area contributed by atoms with Crippen LogP contribution < -0.4 is 11.1 Å². The van der Waals surface area contributed by atoms with Crippen molar-refractivity contribution in [2.24, 2.45) is 5.73 Å². The first-order valence-electron chi connectivity index (χ1n) is 6.42. The van der Waals surface area contributed by atoms with Gasteiger partial charge in [-0.15, -0.1) is 0 Å². The lowest BCUT2D eigenvalue weighted by Gasteiger charge is -2.19. The van der Waals surface area contributed by atoms with Gasteiger partial charge >= 0.3 is 5.97 Å². The van der Waals surface area contributed by atoms with E-state index in [-0.39, 0.29) is 6.04 Å². The number of benzene rings is 2. The molecule has 1 aliphatic rings. The first kappa shape index (κ1) is 12.1. The highest BCUT2D eigenvalue weighted by molar-refractivity contribution is 5.97. The molecule has 0 fully saturated rings. The van der Waals surface area contributed by atoms with E-state index in [1.54, 1.807) is 0 Å². The van der Waals surface area contributed by atoms with Crippen LogP contribution in [0.2, 0.25) is 0 Å². The second kappa shape index (κ2) is 4.64. The van der Waals surface area contributed by atoms with Gasteiger partial charge in [0.1, 0.15) is 5.92 Å². The Morgan fingerprint density at radius 2 is 1.89 bits per heavy atom. The highest BCUT2D eigenvalue weighted by atomic mass is 16.4. The number of carbonyl (C=O) groups is 1. The summed E-state index contributed by atoms with van der Waals surface area (Å²) in [4.78, 5) is 11.6. The monoisotopic (exact) mass is 256 g/mol. The quantitative estimate of drug-likeness (QED) is 0.777. The smallest absolute Gasteiger partial charge is 0.312 e. The molecule has 98 valence electrons. The minimum atomic E-state index is -0.793. The molecule has 0 aliphatic heterocycles. The molecule has 1 aliphatic carbocycles. The lowest BCUT2D eigenvalue weighted by atomic mass is 9.96. The molecule has 0 saturated carbocycles. The zero-order chi connectivity index (χ0) is 13.4. The summed E-state index contributed by atoms with van der Waals surface area (Å²) in [7, 11) is 0. The van der Waals surface area contributed by atoms with E-state index >= 15 is 0 Å². The van der Waals surface area contributed by atoms with E-state index < -0.39 is 11.9 Å². The minimum Gasteiger partial charge on any atom is -0.481 e. The van der Waals surface area contributed by atoms with Gasteiger partial charge in [0.05, 0.1) is 6.04 Å². The molecule has 0 saturated heterocycles. The Morgan fingerprint density at radius 3 is 2.53 bits per heavy atom. The van der Waals surface area contributed by atoms with Gasteiger partial charge in [0, 0.05) is 13.1 Å². The molecule has 2 aromatic rings. The second-order valence-electron chi connectivity index (χ2n) is 4.83. The molecular formula is C15H16N2O2. The predicted octanol–water partition coefficient (Wildman–Crippen LogP) is 1.61. The van der Waals surface area contributed by atoms with Gasteiger partial charge in [0.2, 0.25) is 0 Å². The number of rotatable bonds is 4. The third-order valence-corrected chi connectivity index (χ3v) is 3.75. The van der Waals surface area contributed by atoms with Crippen LogP contribution in [0.3, 0.4) is 0 Å². The van der Waals surface area contributed by atoms with Crippen LogP contribution in [-0.2, 0) is 4.79 Å². The van der Waals surface area contributed by atoms with Crippen molar-refractivity contribution in [3.05, 3.63) is 47.5 Å². The molecule has 4 N–H and O–H groups in total. The van der Waals surface area contributed by atoms with E-state index in [2.05, 4.69) is 5.32 Å². The summed E-state index contributed by atoms with van der Waals surface area (Å²) in [5.74, 6) is -1.33. The van der Waals surface area contributed by atoms with E-state index in [9.17, 15) is 9.90 Å². The van der Waals surface area contributed by atoms with Crippen LogP contribution in [0.1, 0.15) is 23.1 Å². The Morgan fingerprint density at radius 1 is 1.21 bits per heavy atom. The molecule has 0 aromatic heterocycles. The van der Waals surface area contributed by atoms with Crippen LogP contribution in [0, 0.1) is 0 Å². The third-order valence-electron chi connectivity index (χ3n) is 3.75. The summed E-state index contributed by atoms with van der Waals surface area (Å²) in [5.41, 5.74) is 7.48. The Labute approximate surface area is 111 Å². The summed E-state index contributed by atoms with van der Waals surface area (Å²) >= 11 is 0. The average molecular weight is 256 g/mol. The number of hydrogen-bond donors (Lipinski definition) is 3. The fraction of sp³-hybridized carbons (Fsp3) is 0.267. The van der Waals surface area contributed by atoms with Gasteiger partial charge in [-0.25, -0.2) is 0 Å². The molecule has 0 heterocycles. The maximum absolute atomic E-state index is 11.6. The van der Waals surface area contributed by atoms with Crippen molar-refractivity contribution in [2.75, 3.05) is 13.1 Å². The molecule has 2 aromatic carbocycles. The molecule has 0 amide bonds. The van der Waals surface area contributed by atoms with E-state index in [0.29, 0.717) is 13.1 Å². The average Bonchev–Trinajstić information content (AvgIpc) is 2.73. The molecule has 3 rings (SSSR count). The topological polar surface area (TPSA) is 75.3 Å². The van der Waals surface area contributed by atoms with Crippen molar-refractivity contribution < 1.29 is 9.90 Å². The molecule has 19 heavy (non-hydrogen) atoms. The van der Waals surface area contributed by atoms with E-state index in [4.69, 9.17) is 5.73 Å². The Kier molecular flexibility index (Phi) is 2.97. The minimum absolute atomic E-state index is 0.192. The van der Waals surface area contributed by atoms with Crippen LogP contribution in [0.25, 0.3) is 10.8 Å². The summed E-state index contributed by atoms with van der Waals surface area (Å²) < 4.78 is 0. The molecular weight excluding hydrogens is 240 g/mol. The number of nitrogens with two attached hydrogens (primary N) is 1. The largest absolute Gasteiger partial charge is 0.481 e. The van der Waals surface area contributed by atoms with Gasteiger partial charge in [-0.05, 0) is 21.9 Å². The van der Waals surface area contributed by atoms with Crippen molar-refractivity contribution in [3.63, 3.8) is 0 Å². The zero-order valence-electron chi connectivity index (χ0n) is 10.5. The molecule has 4 nitrogen and oxygen atoms in total. The summed E-state index contributed by atoms with van der Waals surface area (Å²) in [6.07, 6.45) is 0. The van der Waals surface area contributed by atoms with Crippen molar-refractivity contribution in [1.82, 2.24) is 5.32 Å². The van der Waals surface area contributed by atoms with E-state index in [1.165, 1.54) is 0 Å². The van der Waals surface area contributed by atoms with Gasteiger partial charge in [0.25, 0.3) is 0 Å².